The number of hydrogen-bond acceptors (Lipinski definition) is 3. The van der Waals surface area contributed by atoms with E-state index < -0.39 is 0 Å². The number of thiophene rings is 1. The van der Waals surface area contributed by atoms with Gasteiger partial charge in [-0.15, -0.1) is 11.3 Å². The molecule has 1 aromatic heterocycles. The van der Waals surface area contributed by atoms with Crippen molar-refractivity contribution in [2.24, 2.45) is 5.73 Å². The second-order valence-electron chi connectivity index (χ2n) is 4.70. The molecule has 1 heterocycles. The van der Waals surface area contributed by atoms with Gasteiger partial charge in [0.15, 0.2) is 0 Å². The molecule has 2 rings (SSSR count). The molecule has 21 heavy (non-hydrogen) atoms. The summed E-state index contributed by atoms with van der Waals surface area (Å²) in [6.45, 7) is 4.32. The summed E-state index contributed by atoms with van der Waals surface area (Å²) in [4.78, 5) is 14.8. The number of amides is 1. The highest BCUT2D eigenvalue weighted by molar-refractivity contribution is 7.12. The maximum atomic E-state index is 12.4. The van der Waals surface area contributed by atoms with Gasteiger partial charge in [0.2, 0.25) is 0 Å². The Labute approximate surface area is 129 Å². The molecule has 0 spiro atoms. The van der Waals surface area contributed by atoms with Crippen LogP contribution in [-0.4, -0.2) is 12.5 Å². The van der Waals surface area contributed by atoms with Crippen LogP contribution in [-0.2, 0) is 0 Å². The minimum atomic E-state index is -0.115. The highest BCUT2D eigenvalue weighted by Crippen LogP contribution is 2.22. The zero-order chi connectivity index (χ0) is 15.2. The van der Waals surface area contributed by atoms with Crippen molar-refractivity contribution in [3.63, 3.8) is 0 Å². The Bertz CT molecular complexity index is 694. The molecule has 4 heteroatoms. The Kier molecular flexibility index (Phi) is 5.15. The largest absolute Gasteiger partial charge is 0.345 e. The van der Waals surface area contributed by atoms with Crippen LogP contribution in [0.2, 0.25) is 0 Å². The molecule has 1 amide bonds. The van der Waals surface area contributed by atoms with Gasteiger partial charge in [-0.25, -0.2) is 0 Å². The Morgan fingerprint density at radius 1 is 1.33 bits per heavy atom. The van der Waals surface area contributed by atoms with Crippen molar-refractivity contribution >= 4 is 17.2 Å². The van der Waals surface area contributed by atoms with Crippen molar-refractivity contribution in [1.82, 2.24) is 5.32 Å². The fraction of sp³-hybridized carbons (Fsp3) is 0.235. The number of carbonyl (C=O) groups excluding carboxylic acids is 1. The number of nitrogens with one attached hydrogen (secondary N) is 1. The molecule has 0 aliphatic carbocycles. The smallest absolute Gasteiger partial charge is 0.253 e. The fourth-order valence-electron chi connectivity index (χ4n) is 1.97. The first-order chi connectivity index (χ1) is 10.1. The van der Waals surface area contributed by atoms with E-state index in [0.29, 0.717) is 11.1 Å². The zero-order valence-electron chi connectivity index (χ0n) is 12.1. The highest BCUT2D eigenvalue weighted by Gasteiger charge is 2.14. The SMILES string of the molecule is Cc1ccc(C(C)NC(=O)c2ccccc2C#CCN)s1. The van der Waals surface area contributed by atoms with Crippen molar-refractivity contribution in [3.8, 4) is 11.8 Å². The number of benzene rings is 1. The lowest BCUT2D eigenvalue weighted by molar-refractivity contribution is 0.0940. The van der Waals surface area contributed by atoms with Gasteiger partial charge >= 0.3 is 0 Å². The quantitative estimate of drug-likeness (QED) is 0.856. The molecule has 0 bridgehead atoms. The molecule has 0 fully saturated rings. The molecular formula is C17H18N2OS. The molecule has 1 unspecified atom stereocenters. The molecule has 0 aliphatic rings. The van der Waals surface area contributed by atoms with Crippen molar-refractivity contribution in [3.05, 3.63) is 57.3 Å². The molecular weight excluding hydrogens is 280 g/mol. The van der Waals surface area contributed by atoms with Crippen LogP contribution in [0.4, 0.5) is 0 Å². The van der Waals surface area contributed by atoms with Gasteiger partial charge in [0.25, 0.3) is 5.91 Å². The van der Waals surface area contributed by atoms with Gasteiger partial charge in [-0.2, -0.15) is 0 Å². The third-order valence-electron chi connectivity index (χ3n) is 3.03. The van der Waals surface area contributed by atoms with E-state index in [1.165, 1.54) is 4.88 Å². The predicted octanol–water partition coefficient (Wildman–Crippen LogP) is 2.86. The number of nitrogens with two attached hydrogens (primary N) is 1. The van der Waals surface area contributed by atoms with Gasteiger partial charge in [-0.05, 0) is 38.1 Å². The molecule has 108 valence electrons. The molecule has 0 aliphatic heterocycles. The summed E-state index contributed by atoms with van der Waals surface area (Å²) in [7, 11) is 0. The van der Waals surface area contributed by atoms with Crippen LogP contribution in [0.25, 0.3) is 0 Å². The first-order valence-electron chi connectivity index (χ1n) is 6.77. The number of carbonyl (C=O) groups is 1. The standard InChI is InChI=1S/C17H18N2OS/c1-12-9-10-16(21-12)13(2)19-17(20)15-8-4-3-6-14(15)7-5-11-18/h3-4,6,8-10,13H,11,18H2,1-2H3,(H,19,20). The first-order valence-corrected chi connectivity index (χ1v) is 7.58. The molecule has 0 saturated heterocycles. The monoisotopic (exact) mass is 298 g/mol. The molecule has 0 saturated carbocycles. The van der Waals surface area contributed by atoms with Gasteiger partial charge in [-0.3, -0.25) is 4.79 Å². The Balaban J connectivity index is 2.17. The maximum Gasteiger partial charge on any atom is 0.253 e. The van der Waals surface area contributed by atoms with Crippen molar-refractivity contribution in [2.75, 3.05) is 6.54 Å². The van der Waals surface area contributed by atoms with Gasteiger partial charge in [0.05, 0.1) is 18.2 Å². The van der Waals surface area contributed by atoms with Crippen LogP contribution in [0.15, 0.2) is 36.4 Å². The third kappa shape index (κ3) is 3.94. The molecule has 1 atom stereocenters. The van der Waals surface area contributed by atoms with E-state index in [4.69, 9.17) is 5.73 Å². The average molecular weight is 298 g/mol. The fourth-order valence-corrected chi connectivity index (χ4v) is 2.85. The van der Waals surface area contributed by atoms with Crippen molar-refractivity contribution < 1.29 is 4.79 Å². The number of rotatable bonds is 3. The van der Waals surface area contributed by atoms with Crippen molar-refractivity contribution in [1.29, 1.82) is 0 Å². The predicted molar refractivity (Wildman–Crippen MR) is 87.3 cm³/mol. The number of hydrogen-bond donors (Lipinski definition) is 2. The van der Waals surface area contributed by atoms with Crippen molar-refractivity contribution in [2.45, 2.75) is 19.9 Å². The van der Waals surface area contributed by atoms with Crippen LogP contribution in [0, 0.1) is 18.8 Å². The maximum absolute atomic E-state index is 12.4. The summed E-state index contributed by atoms with van der Waals surface area (Å²) < 4.78 is 0. The molecule has 3 nitrogen and oxygen atoms in total. The topological polar surface area (TPSA) is 55.1 Å². The summed E-state index contributed by atoms with van der Waals surface area (Å²) in [5.41, 5.74) is 6.67. The van der Waals surface area contributed by atoms with E-state index >= 15 is 0 Å². The van der Waals surface area contributed by atoms with Crippen LogP contribution >= 0.6 is 11.3 Å². The lowest BCUT2D eigenvalue weighted by atomic mass is 10.1. The molecule has 1 aromatic carbocycles. The van der Waals surface area contributed by atoms with Gasteiger partial charge in [0.1, 0.15) is 0 Å². The number of aryl methyl sites for hydroxylation is 1. The highest BCUT2D eigenvalue weighted by atomic mass is 32.1. The summed E-state index contributed by atoms with van der Waals surface area (Å²) in [5, 5.41) is 3.02. The minimum absolute atomic E-state index is 0.0216. The van der Waals surface area contributed by atoms with E-state index in [1.807, 2.05) is 31.2 Å². The second kappa shape index (κ2) is 7.07. The summed E-state index contributed by atoms with van der Waals surface area (Å²) in [5.74, 6) is 5.61. The van der Waals surface area contributed by atoms with E-state index in [9.17, 15) is 4.79 Å². The zero-order valence-corrected chi connectivity index (χ0v) is 13.0. The first kappa shape index (κ1) is 15.3. The summed E-state index contributed by atoms with van der Waals surface area (Å²) in [6, 6.07) is 11.4. The summed E-state index contributed by atoms with van der Waals surface area (Å²) in [6.07, 6.45) is 0. The minimum Gasteiger partial charge on any atom is -0.345 e. The molecule has 2 aromatic rings. The Morgan fingerprint density at radius 2 is 2.10 bits per heavy atom. The van der Waals surface area contributed by atoms with E-state index in [2.05, 4.69) is 30.1 Å². The van der Waals surface area contributed by atoms with E-state index in [0.717, 1.165) is 4.88 Å². The molecule has 0 radical (unpaired) electrons. The lowest BCUT2D eigenvalue weighted by Gasteiger charge is -2.13. The van der Waals surface area contributed by atoms with Crippen LogP contribution in [0.1, 0.15) is 38.6 Å². The van der Waals surface area contributed by atoms with Gasteiger partial charge < -0.3 is 11.1 Å². The van der Waals surface area contributed by atoms with Gasteiger partial charge in [0, 0.05) is 15.3 Å². The van der Waals surface area contributed by atoms with Crippen LogP contribution in [0.5, 0.6) is 0 Å². The van der Waals surface area contributed by atoms with E-state index in [1.54, 1.807) is 17.4 Å². The summed E-state index contributed by atoms with van der Waals surface area (Å²) >= 11 is 1.69. The Morgan fingerprint density at radius 3 is 2.76 bits per heavy atom. The van der Waals surface area contributed by atoms with Gasteiger partial charge in [-0.1, -0.05) is 24.0 Å². The normalized spacial score (nSPS) is 11.4. The van der Waals surface area contributed by atoms with Crippen LogP contribution in [0.3, 0.4) is 0 Å². The lowest BCUT2D eigenvalue weighted by Crippen LogP contribution is -2.26. The third-order valence-corrected chi connectivity index (χ3v) is 4.22. The van der Waals surface area contributed by atoms with E-state index in [-0.39, 0.29) is 18.5 Å². The molecule has 3 N–H and O–H groups in total. The van der Waals surface area contributed by atoms with Crippen LogP contribution < -0.4 is 11.1 Å². The Hall–Kier alpha value is -2.09. The average Bonchev–Trinajstić information content (AvgIpc) is 2.92. The second-order valence-corrected chi connectivity index (χ2v) is 6.01.